The van der Waals surface area contributed by atoms with Gasteiger partial charge in [-0.25, -0.2) is 0 Å². The van der Waals surface area contributed by atoms with E-state index in [4.69, 9.17) is 9.84 Å². The molecule has 0 aromatic heterocycles. The quantitative estimate of drug-likeness (QED) is 0.720. The first-order valence-electron chi connectivity index (χ1n) is 6.56. The summed E-state index contributed by atoms with van der Waals surface area (Å²) in [7, 11) is 0. The van der Waals surface area contributed by atoms with Gasteiger partial charge in [0, 0.05) is 19.6 Å². The lowest BCUT2D eigenvalue weighted by atomic mass is 9.94. The van der Waals surface area contributed by atoms with Crippen LogP contribution in [0.3, 0.4) is 0 Å². The fourth-order valence-electron chi connectivity index (χ4n) is 2.28. The Morgan fingerprint density at radius 3 is 2.67 bits per heavy atom. The number of carbonyl (C=O) groups excluding carboxylic acids is 1. The van der Waals surface area contributed by atoms with Crippen molar-refractivity contribution < 1.29 is 19.4 Å². The Morgan fingerprint density at radius 1 is 1.44 bits per heavy atom. The highest BCUT2D eigenvalue weighted by Gasteiger charge is 2.24. The first-order valence-corrected chi connectivity index (χ1v) is 6.56. The van der Waals surface area contributed by atoms with Crippen LogP contribution in [-0.4, -0.2) is 36.7 Å². The van der Waals surface area contributed by atoms with Crippen molar-refractivity contribution in [2.24, 2.45) is 17.8 Å². The molecule has 0 spiro atoms. The number of ether oxygens (including phenoxy) is 1. The fraction of sp³-hybridized carbons (Fsp3) is 0.846. The summed E-state index contributed by atoms with van der Waals surface area (Å²) in [4.78, 5) is 22.5. The Morgan fingerprint density at radius 2 is 2.17 bits per heavy atom. The van der Waals surface area contributed by atoms with Crippen molar-refractivity contribution in [3.05, 3.63) is 0 Å². The van der Waals surface area contributed by atoms with Crippen molar-refractivity contribution in [3.63, 3.8) is 0 Å². The Balaban J connectivity index is 2.35. The van der Waals surface area contributed by atoms with Crippen molar-refractivity contribution in [2.45, 2.75) is 33.1 Å². The summed E-state index contributed by atoms with van der Waals surface area (Å²) in [6, 6.07) is 0. The molecule has 1 aliphatic heterocycles. The first-order chi connectivity index (χ1) is 8.49. The number of amides is 1. The van der Waals surface area contributed by atoms with Gasteiger partial charge in [-0.15, -0.1) is 0 Å². The van der Waals surface area contributed by atoms with E-state index in [1.807, 2.05) is 0 Å². The van der Waals surface area contributed by atoms with Gasteiger partial charge < -0.3 is 15.2 Å². The third-order valence-electron chi connectivity index (χ3n) is 3.13. The molecule has 0 radical (unpaired) electrons. The van der Waals surface area contributed by atoms with Gasteiger partial charge in [-0.2, -0.15) is 0 Å². The second-order valence-corrected chi connectivity index (χ2v) is 5.40. The Hall–Kier alpha value is -1.10. The molecule has 1 amide bonds. The molecular weight excluding hydrogens is 234 g/mol. The molecule has 1 fully saturated rings. The van der Waals surface area contributed by atoms with Crippen molar-refractivity contribution in [1.29, 1.82) is 0 Å². The minimum atomic E-state index is -0.806. The Bertz CT molecular complexity index is 285. The minimum absolute atomic E-state index is 0.00774. The number of carbonyl (C=O) groups is 2. The van der Waals surface area contributed by atoms with Crippen LogP contribution in [0.25, 0.3) is 0 Å². The van der Waals surface area contributed by atoms with Crippen molar-refractivity contribution in [3.8, 4) is 0 Å². The van der Waals surface area contributed by atoms with Crippen LogP contribution in [0.2, 0.25) is 0 Å². The lowest BCUT2D eigenvalue weighted by molar-refractivity contribution is -0.138. The highest BCUT2D eigenvalue weighted by Crippen LogP contribution is 2.16. The van der Waals surface area contributed by atoms with E-state index < -0.39 is 5.97 Å². The SMILES string of the molecule is CC(C)C[C@H](CNC(=O)C1CCOC1)CC(=O)O. The van der Waals surface area contributed by atoms with Gasteiger partial charge >= 0.3 is 5.97 Å². The van der Waals surface area contributed by atoms with Crippen LogP contribution in [0.15, 0.2) is 0 Å². The molecule has 2 N–H and O–H groups in total. The summed E-state index contributed by atoms with van der Waals surface area (Å²) in [5.74, 6) is -0.435. The summed E-state index contributed by atoms with van der Waals surface area (Å²) in [5, 5.41) is 11.7. The molecule has 104 valence electrons. The zero-order valence-corrected chi connectivity index (χ0v) is 11.1. The number of nitrogens with one attached hydrogen (secondary N) is 1. The first kappa shape index (κ1) is 15.0. The predicted octanol–water partition coefficient (Wildman–Crippen LogP) is 1.28. The van der Waals surface area contributed by atoms with E-state index >= 15 is 0 Å². The standard InChI is InChI=1S/C13H23NO4/c1-9(2)5-10(6-12(15)16)7-14-13(17)11-3-4-18-8-11/h9-11H,3-8H2,1-2H3,(H,14,17)(H,15,16)/t10-,11?/m0/s1. The van der Waals surface area contributed by atoms with Crippen molar-refractivity contribution >= 4 is 11.9 Å². The van der Waals surface area contributed by atoms with Gasteiger partial charge in [0.25, 0.3) is 0 Å². The summed E-state index contributed by atoms with van der Waals surface area (Å²) in [5.41, 5.74) is 0. The highest BCUT2D eigenvalue weighted by atomic mass is 16.5. The van der Waals surface area contributed by atoms with Gasteiger partial charge in [-0.05, 0) is 24.7 Å². The van der Waals surface area contributed by atoms with Crippen LogP contribution < -0.4 is 5.32 Å². The summed E-state index contributed by atoms with van der Waals surface area (Å²) >= 11 is 0. The normalized spacial score (nSPS) is 20.9. The lowest BCUT2D eigenvalue weighted by Gasteiger charge is -2.18. The predicted molar refractivity (Wildman–Crippen MR) is 67.1 cm³/mol. The third-order valence-corrected chi connectivity index (χ3v) is 3.13. The van der Waals surface area contributed by atoms with Crippen molar-refractivity contribution in [1.82, 2.24) is 5.32 Å². The largest absolute Gasteiger partial charge is 0.481 e. The number of carboxylic acids is 1. The molecule has 0 aliphatic carbocycles. The van der Waals surface area contributed by atoms with E-state index in [2.05, 4.69) is 19.2 Å². The molecule has 1 saturated heterocycles. The van der Waals surface area contributed by atoms with E-state index in [-0.39, 0.29) is 24.2 Å². The molecule has 1 heterocycles. The number of rotatable bonds is 7. The maximum atomic E-state index is 11.8. The molecule has 2 atom stereocenters. The van der Waals surface area contributed by atoms with Gasteiger partial charge in [0.1, 0.15) is 0 Å². The second-order valence-electron chi connectivity index (χ2n) is 5.40. The van der Waals surface area contributed by atoms with Crippen LogP contribution >= 0.6 is 0 Å². The van der Waals surface area contributed by atoms with Gasteiger partial charge in [-0.1, -0.05) is 13.8 Å². The van der Waals surface area contributed by atoms with E-state index in [9.17, 15) is 9.59 Å². The molecule has 0 aromatic rings. The molecule has 1 unspecified atom stereocenters. The molecular formula is C13H23NO4. The molecule has 1 rings (SSSR count). The zero-order chi connectivity index (χ0) is 13.5. The molecule has 5 heteroatoms. The summed E-state index contributed by atoms with van der Waals surface area (Å²) < 4.78 is 5.16. The highest BCUT2D eigenvalue weighted by molar-refractivity contribution is 5.79. The smallest absolute Gasteiger partial charge is 0.303 e. The van der Waals surface area contributed by atoms with Gasteiger partial charge in [-0.3, -0.25) is 9.59 Å². The van der Waals surface area contributed by atoms with Gasteiger partial charge in [0.15, 0.2) is 0 Å². The van der Waals surface area contributed by atoms with Crippen LogP contribution in [0.4, 0.5) is 0 Å². The average Bonchev–Trinajstić information content (AvgIpc) is 2.77. The monoisotopic (exact) mass is 257 g/mol. The maximum absolute atomic E-state index is 11.8. The van der Waals surface area contributed by atoms with Crippen LogP contribution in [0.5, 0.6) is 0 Å². The number of aliphatic carboxylic acids is 1. The third kappa shape index (κ3) is 5.49. The van der Waals surface area contributed by atoms with Gasteiger partial charge in [0.2, 0.25) is 5.91 Å². The number of hydrogen-bond acceptors (Lipinski definition) is 3. The molecule has 18 heavy (non-hydrogen) atoms. The molecule has 5 nitrogen and oxygen atoms in total. The molecule has 0 bridgehead atoms. The summed E-state index contributed by atoms with van der Waals surface area (Å²) in [6.07, 6.45) is 1.69. The topological polar surface area (TPSA) is 75.6 Å². The van der Waals surface area contributed by atoms with E-state index in [1.165, 1.54) is 0 Å². The minimum Gasteiger partial charge on any atom is -0.481 e. The van der Waals surface area contributed by atoms with Gasteiger partial charge in [0.05, 0.1) is 12.5 Å². The molecule has 0 aromatic carbocycles. The average molecular weight is 257 g/mol. The van der Waals surface area contributed by atoms with Crippen LogP contribution in [0, 0.1) is 17.8 Å². The molecule has 1 aliphatic rings. The van der Waals surface area contributed by atoms with E-state index in [0.29, 0.717) is 25.7 Å². The van der Waals surface area contributed by atoms with E-state index in [1.54, 1.807) is 0 Å². The van der Waals surface area contributed by atoms with E-state index in [0.717, 1.165) is 12.8 Å². The zero-order valence-electron chi connectivity index (χ0n) is 11.1. The van der Waals surface area contributed by atoms with Crippen LogP contribution in [-0.2, 0) is 14.3 Å². The fourth-order valence-corrected chi connectivity index (χ4v) is 2.28. The lowest BCUT2D eigenvalue weighted by Crippen LogP contribution is -2.35. The second kappa shape index (κ2) is 7.36. The number of hydrogen-bond donors (Lipinski definition) is 2. The summed E-state index contributed by atoms with van der Waals surface area (Å²) in [6.45, 7) is 5.69. The van der Waals surface area contributed by atoms with Crippen molar-refractivity contribution in [2.75, 3.05) is 19.8 Å². The molecule has 0 saturated carbocycles. The number of carboxylic acid groups (broad SMARTS) is 1. The Labute approximate surface area is 108 Å². The maximum Gasteiger partial charge on any atom is 0.303 e. The van der Waals surface area contributed by atoms with Crippen LogP contribution in [0.1, 0.15) is 33.1 Å². The Kier molecular flexibility index (Phi) is 6.12.